The second-order valence-electron chi connectivity index (χ2n) is 7.41. The van der Waals surface area contributed by atoms with E-state index < -0.39 is 5.92 Å². The van der Waals surface area contributed by atoms with Gasteiger partial charge in [0.05, 0.1) is 5.92 Å². The number of amides is 1. The third kappa shape index (κ3) is 3.53. The number of hydrogen-bond donors (Lipinski definition) is 0. The molecule has 1 saturated heterocycles. The lowest BCUT2D eigenvalue weighted by Crippen LogP contribution is -2.50. The average molecular weight is 384 g/mol. The van der Waals surface area contributed by atoms with Crippen molar-refractivity contribution in [3.63, 3.8) is 0 Å². The van der Waals surface area contributed by atoms with Crippen molar-refractivity contribution in [2.75, 3.05) is 31.1 Å². The molecular weight excluding hydrogens is 360 g/mol. The zero-order valence-electron chi connectivity index (χ0n) is 15.6. The molecule has 2 aromatic rings. The Hall–Kier alpha value is -2.14. The molecular formula is C21H24ClN4O. The summed E-state index contributed by atoms with van der Waals surface area (Å²) in [6, 6.07) is 7.35. The van der Waals surface area contributed by atoms with E-state index in [1.165, 1.54) is 11.3 Å². The summed E-state index contributed by atoms with van der Waals surface area (Å²) in [4.78, 5) is 26.1. The van der Waals surface area contributed by atoms with Crippen LogP contribution in [0.1, 0.15) is 42.0 Å². The smallest absolute Gasteiger partial charge is 0.230 e. The molecule has 5 nitrogen and oxygen atoms in total. The zero-order valence-corrected chi connectivity index (χ0v) is 16.3. The molecule has 1 aromatic carbocycles. The molecule has 0 bridgehead atoms. The number of halogens is 1. The summed E-state index contributed by atoms with van der Waals surface area (Å²) in [5, 5.41) is 0.665. The molecule has 4 rings (SSSR count). The molecule has 2 heterocycles. The van der Waals surface area contributed by atoms with Crippen molar-refractivity contribution >= 4 is 23.3 Å². The van der Waals surface area contributed by atoms with Crippen LogP contribution in [0.2, 0.25) is 5.02 Å². The number of fused-ring (bicyclic) bond motifs is 1. The Bertz CT molecular complexity index is 831. The molecule has 0 spiro atoms. The molecule has 1 aromatic heterocycles. The Labute approximate surface area is 165 Å². The predicted molar refractivity (Wildman–Crippen MR) is 107 cm³/mol. The second kappa shape index (κ2) is 7.47. The van der Waals surface area contributed by atoms with E-state index >= 15 is 0 Å². The summed E-state index contributed by atoms with van der Waals surface area (Å²) < 4.78 is 0. The van der Waals surface area contributed by atoms with Gasteiger partial charge in [-0.15, -0.1) is 0 Å². The number of benzene rings is 1. The molecule has 2 atom stereocenters. The normalized spacial score (nSPS) is 20.5. The largest absolute Gasteiger partial charge is 0.353 e. The van der Waals surface area contributed by atoms with Crippen molar-refractivity contribution in [3.8, 4) is 0 Å². The number of anilines is 1. The minimum Gasteiger partial charge on any atom is -0.353 e. The van der Waals surface area contributed by atoms with Gasteiger partial charge >= 0.3 is 0 Å². The number of aryl methyl sites for hydroxylation is 1. The number of nitrogens with zero attached hydrogens (tertiary/aromatic N) is 4. The SMILES string of the molecule is [CH2][C@H](C(=O)N1CCN(c2ncnc3c2[C@H](C)CC3)CC1)c1ccc(Cl)cc1. The summed E-state index contributed by atoms with van der Waals surface area (Å²) in [6.45, 7) is 9.27. The summed E-state index contributed by atoms with van der Waals surface area (Å²) >= 11 is 5.94. The van der Waals surface area contributed by atoms with Crippen molar-refractivity contribution in [1.82, 2.24) is 14.9 Å². The summed E-state index contributed by atoms with van der Waals surface area (Å²) in [7, 11) is 0. The monoisotopic (exact) mass is 383 g/mol. The maximum Gasteiger partial charge on any atom is 0.230 e. The maximum absolute atomic E-state index is 12.9. The Morgan fingerprint density at radius 2 is 1.89 bits per heavy atom. The number of rotatable bonds is 3. The van der Waals surface area contributed by atoms with Gasteiger partial charge in [-0.25, -0.2) is 9.97 Å². The third-order valence-electron chi connectivity index (χ3n) is 5.71. The van der Waals surface area contributed by atoms with Crippen molar-refractivity contribution in [1.29, 1.82) is 0 Å². The Balaban J connectivity index is 1.43. The van der Waals surface area contributed by atoms with Crippen LogP contribution in [0.4, 0.5) is 5.82 Å². The highest BCUT2D eigenvalue weighted by atomic mass is 35.5. The molecule has 0 N–H and O–H groups in total. The van der Waals surface area contributed by atoms with Crippen LogP contribution in [0.25, 0.3) is 0 Å². The first-order valence-corrected chi connectivity index (χ1v) is 9.88. The minimum atomic E-state index is -0.405. The topological polar surface area (TPSA) is 49.3 Å². The van der Waals surface area contributed by atoms with E-state index in [4.69, 9.17) is 11.6 Å². The number of piperazine rings is 1. The number of aromatic nitrogens is 2. The van der Waals surface area contributed by atoms with Gasteiger partial charge in [0.25, 0.3) is 0 Å². The van der Waals surface area contributed by atoms with Gasteiger partial charge in [-0.2, -0.15) is 0 Å². The van der Waals surface area contributed by atoms with Crippen LogP contribution >= 0.6 is 11.6 Å². The second-order valence-corrected chi connectivity index (χ2v) is 7.85. The molecule has 141 valence electrons. The highest BCUT2D eigenvalue weighted by Gasteiger charge is 2.30. The number of carbonyl (C=O) groups excluding carboxylic acids is 1. The van der Waals surface area contributed by atoms with Crippen LogP contribution in [-0.4, -0.2) is 47.0 Å². The van der Waals surface area contributed by atoms with E-state index in [1.807, 2.05) is 17.0 Å². The molecule has 2 aliphatic rings. The van der Waals surface area contributed by atoms with Crippen LogP contribution < -0.4 is 4.90 Å². The fourth-order valence-electron chi connectivity index (χ4n) is 4.07. The summed E-state index contributed by atoms with van der Waals surface area (Å²) in [5.41, 5.74) is 3.38. The molecule has 1 fully saturated rings. The van der Waals surface area contributed by atoms with Gasteiger partial charge in [0.15, 0.2) is 0 Å². The first-order valence-electron chi connectivity index (χ1n) is 9.50. The quantitative estimate of drug-likeness (QED) is 0.814. The number of carbonyl (C=O) groups is 1. The fourth-order valence-corrected chi connectivity index (χ4v) is 4.20. The molecule has 1 aliphatic heterocycles. The van der Waals surface area contributed by atoms with Gasteiger partial charge in [0, 0.05) is 42.5 Å². The van der Waals surface area contributed by atoms with Crippen LogP contribution in [0.5, 0.6) is 0 Å². The van der Waals surface area contributed by atoms with Crippen LogP contribution in [-0.2, 0) is 11.2 Å². The van der Waals surface area contributed by atoms with Crippen molar-refractivity contribution < 1.29 is 4.79 Å². The van der Waals surface area contributed by atoms with Gasteiger partial charge in [0.2, 0.25) is 5.91 Å². The van der Waals surface area contributed by atoms with E-state index in [9.17, 15) is 4.79 Å². The zero-order chi connectivity index (χ0) is 19.0. The molecule has 27 heavy (non-hydrogen) atoms. The molecule has 1 aliphatic carbocycles. The van der Waals surface area contributed by atoms with E-state index in [1.54, 1.807) is 18.5 Å². The molecule has 1 radical (unpaired) electrons. The van der Waals surface area contributed by atoms with Gasteiger partial charge in [-0.05, 0) is 43.4 Å². The van der Waals surface area contributed by atoms with Crippen LogP contribution in [0.3, 0.4) is 0 Å². The first-order chi connectivity index (χ1) is 13.0. The van der Waals surface area contributed by atoms with E-state index in [0.29, 0.717) is 24.0 Å². The first kappa shape index (κ1) is 18.2. The standard InChI is InChI=1S/C21H24ClN4O/c1-14-3-8-18-19(14)20(24-13-23-18)25-9-11-26(12-10-25)21(27)15(2)16-4-6-17(22)7-5-16/h4-7,13-15H,2-3,8-12H2,1H3/t14-,15+/m1/s1. The van der Waals surface area contributed by atoms with Crippen LogP contribution in [0, 0.1) is 6.92 Å². The van der Waals surface area contributed by atoms with E-state index in [2.05, 4.69) is 28.7 Å². The van der Waals surface area contributed by atoms with E-state index in [-0.39, 0.29) is 5.91 Å². The van der Waals surface area contributed by atoms with Crippen molar-refractivity contribution in [2.24, 2.45) is 0 Å². The lowest BCUT2D eigenvalue weighted by atomic mass is 9.99. The summed E-state index contributed by atoms with van der Waals surface area (Å²) in [6.07, 6.45) is 3.86. The summed E-state index contributed by atoms with van der Waals surface area (Å²) in [5.74, 6) is 1.22. The van der Waals surface area contributed by atoms with Crippen molar-refractivity contribution in [3.05, 3.63) is 59.4 Å². The van der Waals surface area contributed by atoms with Gasteiger partial charge < -0.3 is 9.80 Å². The maximum atomic E-state index is 12.9. The fraction of sp³-hybridized carbons (Fsp3) is 0.429. The molecule has 1 amide bonds. The minimum absolute atomic E-state index is 0.0678. The van der Waals surface area contributed by atoms with E-state index in [0.717, 1.165) is 37.3 Å². The Morgan fingerprint density at radius 1 is 1.19 bits per heavy atom. The lowest BCUT2D eigenvalue weighted by Gasteiger charge is -2.37. The predicted octanol–water partition coefficient (Wildman–Crippen LogP) is 3.45. The molecule has 0 saturated carbocycles. The Kier molecular flexibility index (Phi) is 5.04. The van der Waals surface area contributed by atoms with Gasteiger partial charge in [-0.1, -0.05) is 30.7 Å². The highest BCUT2D eigenvalue weighted by molar-refractivity contribution is 6.30. The highest BCUT2D eigenvalue weighted by Crippen LogP contribution is 2.37. The van der Waals surface area contributed by atoms with Gasteiger partial charge in [-0.3, -0.25) is 4.79 Å². The van der Waals surface area contributed by atoms with Crippen molar-refractivity contribution in [2.45, 2.75) is 31.6 Å². The lowest BCUT2D eigenvalue weighted by molar-refractivity contribution is -0.132. The van der Waals surface area contributed by atoms with Crippen LogP contribution in [0.15, 0.2) is 30.6 Å². The molecule has 0 unspecified atom stereocenters. The Morgan fingerprint density at radius 3 is 2.59 bits per heavy atom. The number of hydrogen-bond acceptors (Lipinski definition) is 4. The van der Waals surface area contributed by atoms with Gasteiger partial charge in [0.1, 0.15) is 12.1 Å². The third-order valence-corrected chi connectivity index (χ3v) is 5.97. The molecule has 6 heteroatoms. The average Bonchev–Trinajstić information content (AvgIpc) is 3.09.